The van der Waals surface area contributed by atoms with Gasteiger partial charge in [0.05, 0.1) is 4.90 Å². The van der Waals surface area contributed by atoms with Crippen LogP contribution in [0, 0.1) is 5.92 Å². The summed E-state index contributed by atoms with van der Waals surface area (Å²) in [6.07, 6.45) is 1.96. The van der Waals surface area contributed by atoms with Crippen LogP contribution >= 0.6 is 0 Å². The minimum atomic E-state index is -3.54. The summed E-state index contributed by atoms with van der Waals surface area (Å²) in [4.78, 5) is 7.25. The molecule has 0 bridgehead atoms. The fourth-order valence-corrected chi connectivity index (χ4v) is 4.98. The predicted molar refractivity (Wildman–Crippen MR) is 101 cm³/mol. The van der Waals surface area contributed by atoms with Gasteiger partial charge in [0.15, 0.2) is 0 Å². The van der Waals surface area contributed by atoms with Crippen LogP contribution in [0.5, 0.6) is 0 Å². The maximum Gasteiger partial charge on any atom is 0.243 e. The molecule has 27 heavy (non-hydrogen) atoms. The molecule has 2 heterocycles. The molecule has 1 atom stereocenters. The van der Waals surface area contributed by atoms with Gasteiger partial charge in [0.1, 0.15) is 17.6 Å². The number of hydrogen-bond donors (Lipinski definition) is 0. The molecule has 7 nitrogen and oxygen atoms in total. The number of piperidine rings is 1. The van der Waals surface area contributed by atoms with Crippen molar-refractivity contribution in [1.82, 2.24) is 19.5 Å². The number of fused-ring (bicyclic) bond motifs is 1. The van der Waals surface area contributed by atoms with Gasteiger partial charge in [-0.3, -0.25) is 0 Å². The number of hydrogen-bond acceptors (Lipinski definition) is 5. The Hall–Kier alpha value is -2.45. The van der Waals surface area contributed by atoms with E-state index in [2.05, 4.69) is 17.2 Å². The highest BCUT2D eigenvalue weighted by Gasteiger charge is 2.29. The highest BCUT2D eigenvalue weighted by Crippen LogP contribution is 2.25. The Morgan fingerprint density at radius 3 is 2.78 bits per heavy atom. The van der Waals surface area contributed by atoms with E-state index in [1.807, 2.05) is 30.3 Å². The van der Waals surface area contributed by atoms with Crippen LogP contribution in [0.1, 0.15) is 25.3 Å². The highest BCUT2D eigenvalue weighted by atomic mass is 32.2. The molecule has 1 aliphatic heterocycles. The summed E-state index contributed by atoms with van der Waals surface area (Å²) in [5, 5.41) is 8.05. The second kappa shape index (κ2) is 7.28. The van der Waals surface area contributed by atoms with E-state index in [1.54, 1.807) is 22.5 Å². The number of nitrogens with zero attached hydrogens (tertiary/aromatic N) is 4. The lowest BCUT2D eigenvalue weighted by molar-refractivity contribution is 0.0751. The smallest absolute Gasteiger partial charge is 0.243 e. The van der Waals surface area contributed by atoms with E-state index >= 15 is 0 Å². The van der Waals surface area contributed by atoms with Gasteiger partial charge in [-0.25, -0.2) is 8.42 Å². The molecule has 1 saturated heterocycles. The first kappa shape index (κ1) is 17.9. The van der Waals surface area contributed by atoms with E-state index in [0.717, 1.165) is 18.4 Å². The zero-order valence-corrected chi connectivity index (χ0v) is 16.0. The molecule has 1 aliphatic rings. The molecule has 3 aromatic rings. The Bertz CT molecular complexity index is 1030. The van der Waals surface area contributed by atoms with Crippen LogP contribution in [0.15, 0.2) is 53.4 Å². The Labute approximate surface area is 158 Å². The van der Waals surface area contributed by atoms with E-state index in [0.29, 0.717) is 36.6 Å². The first-order chi connectivity index (χ1) is 13.0. The molecule has 0 spiro atoms. The summed E-state index contributed by atoms with van der Waals surface area (Å²) in [6, 6.07) is 14.6. The van der Waals surface area contributed by atoms with Gasteiger partial charge < -0.3 is 4.84 Å². The molecule has 0 aliphatic carbocycles. The summed E-state index contributed by atoms with van der Waals surface area (Å²) in [7, 11) is -3.54. The Kier molecular flexibility index (Phi) is 4.84. The molecule has 142 valence electrons. The van der Waals surface area contributed by atoms with Gasteiger partial charge in [-0.1, -0.05) is 42.1 Å². The second-order valence-corrected chi connectivity index (χ2v) is 8.92. The SMILES string of the molecule is C[C@@H]1CCCN(S(=O)(=O)c2ccc3nnn(OCc4ccccc4)c3c2)C1. The number of benzene rings is 2. The molecule has 2 aromatic carbocycles. The van der Waals surface area contributed by atoms with E-state index in [-0.39, 0.29) is 4.90 Å². The van der Waals surface area contributed by atoms with Crippen LogP contribution in [0.2, 0.25) is 0 Å². The maximum absolute atomic E-state index is 13.0. The van der Waals surface area contributed by atoms with Crippen molar-refractivity contribution in [1.29, 1.82) is 0 Å². The number of sulfonamides is 1. The summed E-state index contributed by atoms with van der Waals surface area (Å²) in [6.45, 7) is 3.52. The molecular formula is C19H22N4O3S. The maximum atomic E-state index is 13.0. The fraction of sp³-hybridized carbons (Fsp3) is 0.368. The normalized spacial score (nSPS) is 18.6. The zero-order valence-electron chi connectivity index (χ0n) is 15.2. The van der Waals surface area contributed by atoms with Crippen molar-refractivity contribution in [3.63, 3.8) is 0 Å². The third kappa shape index (κ3) is 3.68. The largest absolute Gasteiger partial charge is 0.390 e. The third-order valence-electron chi connectivity index (χ3n) is 4.84. The molecule has 1 fully saturated rings. The molecule has 1 aromatic heterocycles. The van der Waals surface area contributed by atoms with Crippen LogP contribution in [0.3, 0.4) is 0 Å². The third-order valence-corrected chi connectivity index (χ3v) is 6.70. The first-order valence-electron chi connectivity index (χ1n) is 9.07. The second-order valence-electron chi connectivity index (χ2n) is 6.98. The Morgan fingerprint density at radius 1 is 1.19 bits per heavy atom. The van der Waals surface area contributed by atoms with Crippen molar-refractivity contribution >= 4 is 21.1 Å². The van der Waals surface area contributed by atoms with E-state index in [9.17, 15) is 8.42 Å². The summed E-state index contributed by atoms with van der Waals surface area (Å²) in [5.74, 6) is 0.374. The van der Waals surface area contributed by atoms with Gasteiger partial charge in [0.25, 0.3) is 0 Å². The molecule has 8 heteroatoms. The van der Waals surface area contributed by atoms with Crippen LogP contribution in [-0.4, -0.2) is 41.0 Å². The average molecular weight is 386 g/mol. The topological polar surface area (TPSA) is 77.3 Å². The highest BCUT2D eigenvalue weighted by molar-refractivity contribution is 7.89. The fourth-order valence-electron chi connectivity index (χ4n) is 3.36. The zero-order chi connectivity index (χ0) is 18.9. The van der Waals surface area contributed by atoms with Gasteiger partial charge >= 0.3 is 0 Å². The van der Waals surface area contributed by atoms with Crippen LogP contribution in [0.4, 0.5) is 0 Å². The van der Waals surface area contributed by atoms with Crippen molar-refractivity contribution in [2.45, 2.75) is 31.3 Å². The summed E-state index contributed by atoms with van der Waals surface area (Å²) < 4.78 is 27.6. The van der Waals surface area contributed by atoms with Gasteiger partial charge in [-0.15, -0.1) is 5.10 Å². The van der Waals surface area contributed by atoms with Crippen LogP contribution < -0.4 is 4.84 Å². The van der Waals surface area contributed by atoms with Crippen molar-refractivity contribution < 1.29 is 13.3 Å². The quantitative estimate of drug-likeness (QED) is 0.673. The standard InChI is InChI=1S/C19H22N4O3S/c1-15-6-5-11-22(13-15)27(24,25)17-9-10-18-19(12-17)23(21-20-18)26-14-16-7-3-2-4-8-16/h2-4,7-10,12,15H,5-6,11,13-14H2,1H3/t15-/m1/s1. The van der Waals surface area contributed by atoms with E-state index in [1.165, 1.54) is 4.85 Å². The lowest BCUT2D eigenvalue weighted by Gasteiger charge is -2.30. The van der Waals surface area contributed by atoms with Gasteiger partial charge in [-0.05, 0) is 47.7 Å². The minimum absolute atomic E-state index is 0.246. The van der Waals surface area contributed by atoms with Crippen molar-refractivity contribution in [3.8, 4) is 0 Å². The Morgan fingerprint density at radius 2 is 2.00 bits per heavy atom. The molecule has 0 saturated carbocycles. The predicted octanol–water partition coefficient (Wildman–Crippen LogP) is 2.48. The lowest BCUT2D eigenvalue weighted by Crippen LogP contribution is -2.39. The minimum Gasteiger partial charge on any atom is -0.390 e. The number of aromatic nitrogens is 3. The average Bonchev–Trinajstić information content (AvgIpc) is 3.09. The van der Waals surface area contributed by atoms with Gasteiger partial charge in [0, 0.05) is 13.1 Å². The van der Waals surface area contributed by atoms with Crippen LogP contribution in [0.25, 0.3) is 11.0 Å². The molecule has 0 unspecified atom stereocenters. The van der Waals surface area contributed by atoms with Crippen molar-refractivity contribution in [3.05, 3.63) is 54.1 Å². The van der Waals surface area contributed by atoms with Crippen molar-refractivity contribution in [2.24, 2.45) is 5.92 Å². The first-order valence-corrected chi connectivity index (χ1v) is 10.5. The molecule has 0 radical (unpaired) electrons. The molecule has 4 rings (SSSR count). The van der Waals surface area contributed by atoms with Gasteiger partial charge in [0.2, 0.25) is 10.0 Å². The number of rotatable bonds is 5. The van der Waals surface area contributed by atoms with E-state index in [4.69, 9.17) is 4.84 Å². The molecular weight excluding hydrogens is 364 g/mol. The Balaban J connectivity index is 1.61. The molecule has 0 N–H and O–H groups in total. The van der Waals surface area contributed by atoms with Gasteiger partial charge in [-0.2, -0.15) is 4.31 Å². The van der Waals surface area contributed by atoms with E-state index < -0.39 is 10.0 Å². The summed E-state index contributed by atoms with van der Waals surface area (Å²) >= 11 is 0. The molecule has 0 amide bonds. The lowest BCUT2D eigenvalue weighted by atomic mass is 10.0. The monoisotopic (exact) mass is 386 g/mol. The van der Waals surface area contributed by atoms with Crippen molar-refractivity contribution in [2.75, 3.05) is 13.1 Å². The summed E-state index contributed by atoms with van der Waals surface area (Å²) in [5.41, 5.74) is 2.12. The van der Waals surface area contributed by atoms with Crippen LogP contribution in [-0.2, 0) is 16.6 Å².